The minimum absolute atomic E-state index is 0.547. The molecule has 0 fully saturated rings. The summed E-state index contributed by atoms with van der Waals surface area (Å²) in [7, 11) is 3.92. The number of nitrogens with one attached hydrogen (secondary N) is 1. The second-order valence-electron chi connectivity index (χ2n) is 6.63. The molecular formula is C18H32N2O. The highest BCUT2D eigenvalue weighted by Gasteiger charge is 2.18. The lowest BCUT2D eigenvalue weighted by Crippen LogP contribution is -2.43. The Hall–Kier alpha value is -1.06. The number of ether oxygens (including phenoxy) is 1. The molecule has 1 aromatic rings. The van der Waals surface area contributed by atoms with E-state index in [4.69, 9.17) is 4.74 Å². The summed E-state index contributed by atoms with van der Waals surface area (Å²) in [6.07, 6.45) is 0. The van der Waals surface area contributed by atoms with Crippen molar-refractivity contribution in [1.82, 2.24) is 10.2 Å². The Labute approximate surface area is 130 Å². The van der Waals surface area contributed by atoms with Gasteiger partial charge < -0.3 is 10.1 Å². The third-order valence-electron chi connectivity index (χ3n) is 3.83. The molecular weight excluding hydrogens is 260 g/mol. The third kappa shape index (κ3) is 6.49. The number of hydrogen-bond acceptors (Lipinski definition) is 3. The Morgan fingerprint density at radius 2 is 1.67 bits per heavy atom. The van der Waals surface area contributed by atoms with E-state index in [2.05, 4.69) is 57.1 Å². The first-order valence-corrected chi connectivity index (χ1v) is 7.98. The van der Waals surface area contributed by atoms with Crippen molar-refractivity contribution in [3.8, 4) is 5.75 Å². The van der Waals surface area contributed by atoms with Crippen molar-refractivity contribution in [2.75, 3.05) is 27.2 Å². The summed E-state index contributed by atoms with van der Waals surface area (Å²) >= 11 is 0. The Balaban J connectivity index is 2.56. The van der Waals surface area contributed by atoms with E-state index in [9.17, 15) is 0 Å². The molecule has 1 aromatic carbocycles. The Kier molecular flexibility index (Phi) is 7.76. The van der Waals surface area contributed by atoms with E-state index in [1.54, 1.807) is 7.11 Å². The molecule has 0 aliphatic rings. The van der Waals surface area contributed by atoms with Crippen LogP contribution in [0.25, 0.3) is 0 Å². The number of hydrogen-bond donors (Lipinski definition) is 1. The maximum Gasteiger partial charge on any atom is 0.118 e. The highest BCUT2D eigenvalue weighted by Crippen LogP contribution is 2.16. The molecule has 1 rings (SSSR count). The van der Waals surface area contributed by atoms with Crippen molar-refractivity contribution in [2.24, 2.45) is 11.8 Å². The van der Waals surface area contributed by atoms with Gasteiger partial charge in [0.15, 0.2) is 0 Å². The van der Waals surface area contributed by atoms with Gasteiger partial charge in [-0.05, 0) is 43.1 Å². The number of methoxy groups -OCH3 is 1. The van der Waals surface area contributed by atoms with E-state index in [0.717, 1.165) is 25.4 Å². The number of benzene rings is 1. The minimum atomic E-state index is 0.547. The summed E-state index contributed by atoms with van der Waals surface area (Å²) < 4.78 is 5.21. The van der Waals surface area contributed by atoms with Gasteiger partial charge in [-0.25, -0.2) is 0 Å². The van der Waals surface area contributed by atoms with Crippen molar-refractivity contribution >= 4 is 0 Å². The van der Waals surface area contributed by atoms with E-state index >= 15 is 0 Å². The van der Waals surface area contributed by atoms with E-state index in [-0.39, 0.29) is 0 Å². The van der Waals surface area contributed by atoms with Crippen molar-refractivity contribution in [1.29, 1.82) is 0 Å². The van der Waals surface area contributed by atoms with Crippen LogP contribution in [0.1, 0.15) is 33.3 Å². The summed E-state index contributed by atoms with van der Waals surface area (Å²) in [4.78, 5) is 2.44. The predicted molar refractivity (Wildman–Crippen MR) is 90.8 cm³/mol. The van der Waals surface area contributed by atoms with Crippen LogP contribution in [0.2, 0.25) is 0 Å². The van der Waals surface area contributed by atoms with Crippen LogP contribution in [0.5, 0.6) is 5.75 Å². The van der Waals surface area contributed by atoms with E-state index < -0.39 is 0 Å². The molecule has 1 unspecified atom stereocenters. The van der Waals surface area contributed by atoms with Crippen LogP contribution >= 0.6 is 0 Å². The first kappa shape index (κ1) is 18.0. The molecule has 0 aliphatic carbocycles. The van der Waals surface area contributed by atoms with E-state index in [1.165, 1.54) is 5.56 Å². The quantitative estimate of drug-likeness (QED) is 0.755. The molecule has 1 N–H and O–H groups in total. The molecule has 0 amide bonds. The SMILES string of the molecule is COc1ccc(CN(C)C(CNCC(C)C)C(C)C)cc1. The first-order valence-electron chi connectivity index (χ1n) is 7.98. The van der Waals surface area contributed by atoms with Crippen LogP contribution in [-0.2, 0) is 6.54 Å². The van der Waals surface area contributed by atoms with Gasteiger partial charge in [-0.2, -0.15) is 0 Å². The highest BCUT2D eigenvalue weighted by molar-refractivity contribution is 5.27. The van der Waals surface area contributed by atoms with Gasteiger partial charge in [0.05, 0.1) is 7.11 Å². The lowest BCUT2D eigenvalue weighted by Gasteiger charge is -2.32. The standard InChI is InChI=1S/C18H32N2O/c1-14(2)11-19-12-18(15(3)4)20(5)13-16-7-9-17(21-6)10-8-16/h7-10,14-15,18-19H,11-13H2,1-6H3. The highest BCUT2D eigenvalue weighted by atomic mass is 16.5. The molecule has 1 atom stereocenters. The van der Waals surface area contributed by atoms with Crippen molar-refractivity contribution < 1.29 is 4.74 Å². The van der Waals surface area contributed by atoms with Gasteiger partial charge in [0, 0.05) is 19.1 Å². The normalized spacial score (nSPS) is 13.2. The van der Waals surface area contributed by atoms with Gasteiger partial charge in [0.1, 0.15) is 5.75 Å². The average Bonchev–Trinajstić information content (AvgIpc) is 2.43. The lowest BCUT2D eigenvalue weighted by atomic mass is 10.0. The Bertz CT molecular complexity index is 387. The minimum Gasteiger partial charge on any atom is -0.497 e. The second-order valence-corrected chi connectivity index (χ2v) is 6.63. The van der Waals surface area contributed by atoms with Gasteiger partial charge in [-0.1, -0.05) is 39.8 Å². The van der Waals surface area contributed by atoms with Gasteiger partial charge in [-0.3, -0.25) is 4.90 Å². The van der Waals surface area contributed by atoms with Crippen LogP contribution in [0.3, 0.4) is 0 Å². The number of likely N-dealkylation sites (N-methyl/N-ethyl adjacent to an activating group) is 1. The summed E-state index contributed by atoms with van der Waals surface area (Å²) in [5.74, 6) is 2.25. The van der Waals surface area contributed by atoms with Crippen LogP contribution in [-0.4, -0.2) is 38.2 Å². The Morgan fingerprint density at radius 1 is 1.05 bits per heavy atom. The maximum absolute atomic E-state index is 5.21. The summed E-state index contributed by atoms with van der Waals surface area (Å²) in [5, 5.41) is 3.59. The largest absolute Gasteiger partial charge is 0.497 e. The predicted octanol–water partition coefficient (Wildman–Crippen LogP) is 3.40. The second kappa shape index (κ2) is 9.06. The molecule has 3 heteroatoms. The Morgan fingerprint density at radius 3 is 2.14 bits per heavy atom. The van der Waals surface area contributed by atoms with Gasteiger partial charge in [-0.15, -0.1) is 0 Å². The van der Waals surface area contributed by atoms with Crippen LogP contribution < -0.4 is 10.1 Å². The first-order chi connectivity index (χ1) is 9.93. The topological polar surface area (TPSA) is 24.5 Å². The summed E-state index contributed by atoms with van der Waals surface area (Å²) in [6.45, 7) is 12.2. The lowest BCUT2D eigenvalue weighted by molar-refractivity contribution is 0.178. The zero-order valence-corrected chi connectivity index (χ0v) is 14.5. The smallest absolute Gasteiger partial charge is 0.118 e. The zero-order chi connectivity index (χ0) is 15.8. The molecule has 21 heavy (non-hydrogen) atoms. The van der Waals surface area contributed by atoms with Crippen molar-refractivity contribution in [3.63, 3.8) is 0 Å². The van der Waals surface area contributed by atoms with Crippen LogP contribution in [0, 0.1) is 11.8 Å². The molecule has 0 saturated carbocycles. The fourth-order valence-corrected chi connectivity index (χ4v) is 2.56. The molecule has 0 heterocycles. The average molecular weight is 292 g/mol. The van der Waals surface area contributed by atoms with E-state index in [1.807, 2.05) is 12.1 Å². The van der Waals surface area contributed by atoms with Gasteiger partial charge in [0.25, 0.3) is 0 Å². The third-order valence-corrected chi connectivity index (χ3v) is 3.83. The molecule has 120 valence electrons. The van der Waals surface area contributed by atoms with Crippen LogP contribution in [0.15, 0.2) is 24.3 Å². The molecule has 3 nitrogen and oxygen atoms in total. The molecule has 0 aromatic heterocycles. The van der Waals surface area contributed by atoms with Crippen molar-refractivity contribution in [3.05, 3.63) is 29.8 Å². The maximum atomic E-state index is 5.21. The van der Waals surface area contributed by atoms with Crippen LogP contribution in [0.4, 0.5) is 0 Å². The summed E-state index contributed by atoms with van der Waals surface area (Å²) in [6, 6.07) is 8.91. The van der Waals surface area contributed by atoms with Crippen molar-refractivity contribution in [2.45, 2.75) is 40.3 Å². The molecule has 0 spiro atoms. The molecule has 0 saturated heterocycles. The summed E-state index contributed by atoms with van der Waals surface area (Å²) in [5.41, 5.74) is 1.33. The zero-order valence-electron chi connectivity index (χ0n) is 14.5. The van der Waals surface area contributed by atoms with Gasteiger partial charge >= 0.3 is 0 Å². The molecule has 0 radical (unpaired) electrons. The number of rotatable bonds is 9. The fraction of sp³-hybridized carbons (Fsp3) is 0.667. The molecule has 0 aliphatic heterocycles. The molecule has 0 bridgehead atoms. The van der Waals surface area contributed by atoms with Gasteiger partial charge in [0.2, 0.25) is 0 Å². The monoisotopic (exact) mass is 292 g/mol. The fourth-order valence-electron chi connectivity index (χ4n) is 2.56. The van der Waals surface area contributed by atoms with E-state index in [0.29, 0.717) is 17.9 Å². The number of nitrogens with zero attached hydrogens (tertiary/aromatic N) is 1.